The predicted molar refractivity (Wildman–Crippen MR) is 88.9 cm³/mol. The third kappa shape index (κ3) is 3.12. The quantitative estimate of drug-likeness (QED) is 0.596. The molecule has 110 valence electrons. The number of para-hydroxylation sites is 4. The molecule has 3 aromatic carbocycles. The molecular formula is C20H18O2. The van der Waals surface area contributed by atoms with Crippen LogP contribution in [0.4, 0.5) is 0 Å². The Kier molecular flexibility index (Phi) is 4.10. The molecule has 0 saturated carbocycles. The first-order chi connectivity index (χ1) is 10.7. The monoisotopic (exact) mass is 290 g/mol. The summed E-state index contributed by atoms with van der Waals surface area (Å²) in [5.74, 6) is 3.09. The summed E-state index contributed by atoms with van der Waals surface area (Å²) in [7, 11) is 0. The molecule has 0 atom stereocenters. The van der Waals surface area contributed by atoms with Crippen LogP contribution in [-0.4, -0.2) is 0 Å². The van der Waals surface area contributed by atoms with Crippen LogP contribution in [0.2, 0.25) is 0 Å². The van der Waals surface area contributed by atoms with Gasteiger partial charge in [-0.3, -0.25) is 0 Å². The normalized spacial score (nSPS) is 10.3. The van der Waals surface area contributed by atoms with E-state index in [2.05, 4.69) is 0 Å². The Balaban J connectivity index is 1.91. The highest BCUT2D eigenvalue weighted by atomic mass is 16.5. The number of rotatable bonds is 4. The van der Waals surface area contributed by atoms with Crippen LogP contribution in [0, 0.1) is 13.8 Å². The van der Waals surface area contributed by atoms with Crippen molar-refractivity contribution in [3.05, 3.63) is 83.9 Å². The zero-order chi connectivity index (χ0) is 15.4. The maximum Gasteiger partial charge on any atom is 0.169 e. The molecule has 0 aliphatic heterocycles. The largest absolute Gasteiger partial charge is 0.453 e. The van der Waals surface area contributed by atoms with Gasteiger partial charge >= 0.3 is 0 Å². The summed E-state index contributed by atoms with van der Waals surface area (Å²) in [6, 6.07) is 23.6. The highest BCUT2D eigenvalue weighted by Gasteiger charge is 2.09. The predicted octanol–water partition coefficient (Wildman–Crippen LogP) is 5.89. The van der Waals surface area contributed by atoms with Gasteiger partial charge in [0.05, 0.1) is 0 Å². The fraction of sp³-hybridized carbons (Fsp3) is 0.100. The molecule has 0 aromatic heterocycles. The zero-order valence-electron chi connectivity index (χ0n) is 12.7. The van der Waals surface area contributed by atoms with Crippen LogP contribution in [0.3, 0.4) is 0 Å². The molecule has 0 aliphatic rings. The van der Waals surface area contributed by atoms with Crippen molar-refractivity contribution in [2.45, 2.75) is 13.8 Å². The van der Waals surface area contributed by atoms with Gasteiger partial charge in [-0.25, -0.2) is 0 Å². The first-order valence-electron chi connectivity index (χ1n) is 7.30. The number of hydrogen-bond donors (Lipinski definition) is 0. The molecule has 2 nitrogen and oxygen atoms in total. The van der Waals surface area contributed by atoms with Crippen LogP contribution in [0.5, 0.6) is 23.0 Å². The Morgan fingerprint density at radius 2 is 0.773 bits per heavy atom. The van der Waals surface area contributed by atoms with E-state index in [4.69, 9.17) is 9.47 Å². The molecule has 0 spiro atoms. The van der Waals surface area contributed by atoms with Crippen molar-refractivity contribution in [3.8, 4) is 23.0 Å². The molecule has 0 heterocycles. The van der Waals surface area contributed by atoms with Crippen LogP contribution in [-0.2, 0) is 0 Å². The first kappa shape index (κ1) is 14.2. The lowest BCUT2D eigenvalue weighted by Gasteiger charge is -2.14. The summed E-state index contributed by atoms with van der Waals surface area (Å²) < 4.78 is 12.1. The smallest absolute Gasteiger partial charge is 0.169 e. The van der Waals surface area contributed by atoms with Gasteiger partial charge in [-0.15, -0.1) is 0 Å². The van der Waals surface area contributed by atoms with Crippen LogP contribution in [0.15, 0.2) is 72.8 Å². The van der Waals surface area contributed by atoms with Crippen molar-refractivity contribution < 1.29 is 9.47 Å². The van der Waals surface area contributed by atoms with Gasteiger partial charge in [0.25, 0.3) is 0 Å². The molecule has 0 bridgehead atoms. The lowest BCUT2D eigenvalue weighted by atomic mass is 10.2. The summed E-state index contributed by atoms with van der Waals surface area (Å²) in [4.78, 5) is 0. The van der Waals surface area contributed by atoms with E-state index in [0.29, 0.717) is 11.5 Å². The third-order valence-corrected chi connectivity index (χ3v) is 3.48. The molecule has 0 aliphatic carbocycles. The van der Waals surface area contributed by atoms with Crippen molar-refractivity contribution in [1.82, 2.24) is 0 Å². The molecular weight excluding hydrogens is 272 g/mol. The van der Waals surface area contributed by atoms with Crippen molar-refractivity contribution in [1.29, 1.82) is 0 Å². The van der Waals surface area contributed by atoms with Gasteiger partial charge in [0, 0.05) is 0 Å². The number of hydrogen-bond acceptors (Lipinski definition) is 2. The Morgan fingerprint density at radius 1 is 0.455 bits per heavy atom. The second-order valence-corrected chi connectivity index (χ2v) is 5.18. The molecule has 0 unspecified atom stereocenters. The van der Waals surface area contributed by atoms with E-state index >= 15 is 0 Å². The van der Waals surface area contributed by atoms with E-state index in [1.807, 2.05) is 86.6 Å². The first-order valence-corrected chi connectivity index (χ1v) is 7.30. The average Bonchev–Trinajstić information content (AvgIpc) is 2.53. The number of aryl methyl sites for hydroxylation is 2. The van der Waals surface area contributed by atoms with Gasteiger partial charge in [-0.1, -0.05) is 48.5 Å². The van der Waals surface area contributed by atoms with Gasteiger partial charge in [-0.2, -0.15) is 0 Å². The Morgan fingerprint density at radius 3 is 1.14 bits per heavy atom. The van der Waals surface area contributed by atoms with Crippen molar-refractivity contribution in [2.75, 3.05) is 0 Å². The minimum absolute atomic E-state index is 0.708. The highest BCUT2D eigenvalue weighted by molar-refractivity contribution is 5.47. The maximum atomic E-state index is 6.03. The topological polar surface area (TPSA) is 18.5 Å². The summed E-state index contributed by atoms with van der Waals surface area (Å²) in [6.07, 6.45) is 0. The molecule has 2 heteroatoms. The SMILES string of the molecule is Cc1ccccc1Oc1ccccc1Oc1ccccc1C. The Hall–Kier alpha value is -2.74. The molecule has 0 fully saturated rings. The van der Waals surface area contributed by atoms with E-state index in [1.54, 1.807) is 0 Å². The van der Waals surface area contributed by atoms with Crippen LogP contribution in [0.25, 0.3) is 0 Å². The summed E-state index contributed by atoms with van der Waals surface area (Å²) >= 11 is 0. The molecule has 0 radical (unpaired) electrons. The number of ether oxygens (including phenoxy) is 2. The van der Waals surface area contributed by atoms with Crippen LogP contribution >= 0.6 is 0 Å². The van der Waals surface area contributed by atoms with Gasteiger partial charge in [0.1, 0.15) is 11.5 Å². The fourth-order valence-corrected chi connectivity index (χ4v) is 2.20. The standard InChI is InChI=1S/C20H18O2/c1-15-9-3-5-11-17(15)21-19-13-7-8-14-20(19)22-18-12-6-4-10-16(18)2/h3-14H,1-2H3. The van der Waals surface area contributed by atoms with E-state index in [0.717, 1.165) is 22.6 Å². The zero-order valence-corrected chi connectivity index (χ0v) is 12.7. The second kappa shape index (κ2) is 6.35. The molecule has 0 N–H and O–H groups in total. The van der Waals surface area contributed by atoms with Gasteiger partial charge in [-0.05, 0) is 49.2 Å². The molecule has 0 saturated heterocycles. The van der Waals surface area contributed by atoms with Gasteiger partial charge in [0.15, 0.2) is 11.5 Å². The van der Waals surface area contributed by atoms with E-state index in [1.165, 1.54) is 0 Å². The van der Waals surface area contributed by atoms with Gasteiger partial charge < -0.3 is 9.47 Å². The van der Waals surface area contributed by atoms with E-state index < -0.39 is 0 Å². The molecule has 3 aromatic rings. The van der Waals surface area contributed by atoms with E-state index in [9.17, 15) is 0 Å². The van der Waals surface area contributed by atoms with Crippen molar-refractivity contribution >= 4 is 0 Å². The van der Waals surface area contributed by atoms with Crippen LogP contribution < -0.4 is 9.47 Å². The fourth-order valence-electron chi connectivity index (χ4n) is 2.20. The lowest BCUT2D eigenvalue weighted by Crippen LogP contribution is -1.92. The maximum absolute atomic E-state index is 6.03. The number of benzene rings is 3. The lowest BCUT2D eigenvalue weighted by molar-refractivity contribution is 0.416. The van der Waals surface area contributed by atoms with Crippen molar-refractivity contribution in [3.63, 3.8) is 0 Å². The molecule has 3 rings (SSSR count). The minimum atomic E-state index is 0.708. The third-order valence-electron chi connectivity index (χ3n) is 3.48. The Bertz CT molecular complexity index is 711. The van der Waals surface area contributed by atoms with E-state index in [-0.39, 0.29) is 0 Å². The summed E-state index contributed by atoms with van der Waals surface area (Å²) in [5, 5.41) is 0. The van der Waals surface area contributed by atoms with Crippen molar-refractivity contribution in [2.24, 2.45) is 0 Å². The second-order valence-electron chi connectivity index (χ2n) is 5.18. The average molecular weight is 290 g/mol. The Labute approximate surface area is 131 Å². The summed E-state index contributed by atoms with van der Waals surface area (Å²) in [5.41, 5.74) is 2.18. The van der Waals surface area contributed by atoms with Gasteiger partial charge in [0.2, 0.25) is 0 Å². The molecule has 22 heavy (non-hydrogen) atoms. The highest BCUT2D eigenvalue weighted by Crippen LogP contribution is 2.36. The molecule has 0 amide bonds. The minimum Gasteiger partial charge on any atom is -0.453 e. The summed E-state index contributed by atoms with van der Waals surface area (Å²) in [6.45, 7) is 4.06. The van der Waals surface area contributed by atoms with Crippen LogP contribution in [0.1, 0.15) is 11.1 Å².